The van der Waals surface area contributed by atoms with Gasteiger partial charge in [-0.05, 0) is 31.2 Å². The van der Waals surface area contributed by atoms with Gasteiger partial charge in [-0.15, -0.1) is 0 Å². The van der Waals surface area contributed by atoms with Gasteiger partial charge in [0.05, 0.1) is 0 Å². The molecule has 0 aliphatic heterocycles. The molecule has 1 amide bonds. The van der Waals surface area contributed by atoms with Crippen LogP contribution in [-0.2, 0) is 0 Å². The lowest BCUT2D eigenvalue weighted by molar-refractivity contribution is 0.102. The number of carbonyl (C=O) groups excluding carboxylic acids is 1. The van der Waals surface area contributed by atoms with Crippen molar-refractivity contribution >= 4 is 11.6 Å². The molecule has 2 aromatic rings. The standard InChI is InChI=1S/C17H17NO2/c1-3-10-20-16-9-5-8-15(12-16)18-17(19)14-7-4-6-13(2)11-14/h3-9,11-12H,1,10H2,2H3,(H,18,19). The monoisotopic (exact) mass is 267 g/mol. The molecule has 0 aromatic heterocycles. The van der Waals surface area contributed by atoms with Crippen LogP contribution in [0.3, 0.4) is 0 Å². The highest BCUT2D eigenvalue weighted by molar-refractivity contribution is 6.04. The van der Waals surface area contributed by atoms with Crippen LogP contribution in [0, 0.1) is 6.92 Å². The molecule has 0 unspecified atom stereocenters. The number of rotatable bonds is 5. The Bertz CT molecular complexity index is 620. The lowest BCUT2D eigenvalue weighted by Crippen LogP contribution is -2.12. The molecule has 3 nitrogen and oxygen atoms in total. The normalized spacial score (nSPS) is 9.85. The zero-order valence-corrected chi connectivity index (χ0v) is 11.4. The zero-order chi connectivity index (χ0) is 14.4. The minimum atomic E-state index is -0.130. The fourth-order valence-electron chi connectivity index (χ4n) is 1.81. The first kappa shape index (κ1) is 13.9. The van der Waals surface area contributed by atoms with Gasteiger partial charge in [0.1, 0.15) is 12.4 Å². The van der Waals surface area contributed by atoms with Crippen LogP contribution in [0.25, 0.3) is 0 Å². The van der Waals surface area contributed by atoms with E-state index < -0.39 is 0 Å². The maximum atomic E-state index is 12.1. The molecule has 20 heavy (non-hydrogen) atoms. The Morgan fingerprint density at radius 3 is 2.80 bits per heavy atom. The second-order valence-corrected chi connectivity index (χ2v) is 4.45. The first-order valence-corrected chi connectivity index (χ1v) is 6.41. The summed E-state index contributed by atoms with van der Waals surface area (Å²) in [7, 11) is 0. The van der Waals surface area contributed by atoms with E-state index in [2.05, 4.69) is 11.9 Å². The number of amides is 1. The van der Waals surface area contributed by atoms with Gasteiger partial charge in [-0.1, -0.05) is 36.4 Å². The highest BCUT2D eigenvalue weighted by atomic mass is 16.5. The maximum absolute atomic E-state index is 12.1. The van der Waals surface area contributed by atoms with Gasteiger partial charge >= 0.3 is 0 Å². The van der Waals surface area contributed by atoms with Crippen LogP contribution in [0.1, 0.15) is 15.9 Å². The van der Waals surface area contributed by atoms with Crippen LogP contribution in [0.4, 0.5) is 5.69 Å². The summed E-state index contributed by atoms with van der Waals surface area (Å²) in [5, 5.41) is 2.86. The predicted octanol–water partition coefficient (Wildman–Crippen LogP) is 3.81. The molecule has 0 aliphatic carbocycles. The fraction of sp³-hybridized carbons (Fsp3) is 0.118. The molecule has 0 aliphatic rings. The number of hydrogen-bond donors (Lipinski definition) is 1. The third kappa shape index (κ3) is 3.72. The first-order valence-electron chi connectivity index (χ1n) is 6.41. The van der Waals surface area contributed by atoms with Gasteiger partial charge in [-0.3, -0.25) is 4.79 Å². The molecule has 0 heterocycles. The molecule has 0 radical (unpaired) electrons. The molecule has 0 spiro atoms. The summed E-state index contributed by atoms with van der Waals surface area (Å²) in [6, 6.07) is 14.8. The molecule has 0 saturated carbocycles. The predicted molar refractivity (Wildman–Crippen MR) is 81.3 cm³/mol. The van der Waals surface area contributed by atoms with Gasteiger partial charge in [0, 0.05) is 17.3 Å². The molecular formula is C17H17NO2. The summed E-state index contributed by atoms with van der Waals surface area (Å²) in [6.45, 7) is 6.00. The summed E-state index contributed by atoms with van der Waals surface area (Å²) in [5.41, 5.74) is 2.40. The fourth-order valence-corrected chi connectivity index (χ4v) is 1.81. The summed E-state index contributed by atoms with van der Waals surface area (Å²) in [5.74, 6) is 0.571. The lowest BCUT2D eigenvalue weighted by atomic mass is 10.1. The van der Waals surface area contributed by atoms with Crippen molar-refractivity contribution in [3.63, 3.8) is 0 Å². The van der Waals surface area contributed by atoms with Crippen LogP contribution < -0.4 is 10.1 Å². The average Bonchev–Trinajstić information content (AvgIpc) is 2.45. The smallest absolute Gasteiger partial charge is 0.255 e. The van der Waals surface area contributed by atoms with Gasteiger partial charge in [0.2, 0.25) is 0 Å². The van der Waals surface area contributed by atoms with Crippen LogP contribution in [0.5, 0.6) is 5.75 Å². The molecule has 0 atom stereocenters. The van der Waals surface area contributed by atoms with Gasteiger partial charge in [-0.2, -0.15) is 0 Å². The summed E-state index contributed by atoms with van der Waals surface area (Å²) >= 11 is 0. The van der Waals surface area contributed by atoms with E-state index in [0.29, 0.717) is 23.6 Å². The largest absolute Gasteiger partial charge is 0.489 e. The van der Waals surface area contributed by atoms with Crippen LogP contribution in [0.15, 0.2) is 61.2 Å². The number of ether oxygens (including phenoxy) is 1. The second-order valence-electron chi connectivity index (χ2n) is 4.45. The highest BCUT2D eigenvalue weighted by Crippen LogP contribution is 2.18. The second kappa shape index (κ2) is 6.57. The lowest BCUT2D eigenvalue weighted by Gasteiger charge is -2.08. The van der Waals surface area contributed by atoms with E-state index in [1.165, 1.54) is 0 Å². The van der Waals surface area contributed by atoms with Crippen LogP contribution in [-0.4, -0.2) is 12.5 Å². The van der Waals surface area contributed by atoms with Gasteiger partial charge in [0.15, 0.2) is 0 Å². The van der Waals surface area contributed by atoms with Gasteiger partial charge in [0.25, 0.3) is 5.91 Å². The van der Waals surface area contributed by atoms with Crippen molar-refractivity contribution in [2.45, 2.75) is 6.92 Å². The minimum absolute atomic E-state index is 0.130. The Labute approximate surface area is 118 Å². The minimum Gasteiger partial charge on any atom is -0.489 e. The molecule has 2 rings (SSSR count). The number of nitrogens with one attached hydrogen (secondary N) is 1. The molecule has 1 N–H and O–H groups in total. The van der Waals surface area contributed by atoms with Crippen LogP contribution in [0.2, 0.25) is 0 Å². The van der Waals surface area contributed by atoms with Gasteiger partial charge in [-0.25, -0.2) is 0 Å². The Morgan fingerprint density at radius 2 is 2.05 bits per heavy atom. The summed E-state index contributed by atoms with van der Waals surface area (Å²) < 4.78 is 5.43. The number of benzene rings is 2. The zero-order valence-electron chi connectivity index (χ0n) is 11.4. The number of carbonyl (C=O) groups is 1. The Balaban J connectivity index is 2.09. The van der Waals surface area contributed by atoms with Crippen molar-refractivity contribution in [2.24, 2.45) is 0 Å². The van der Waals surface area contributed by atoms with Crippen LogP contribution >= 0.6 is 0 Å². The van der Waals surface area contributed by atoms with E-state index in [9.17, 15) is 4.79 Å². The number of aryl methyl sites for hydroxylation is 1. The van der Waals surface area contributed by atoms with Crippen molar-refractivity contribution in [2.75, 3.05) is 11.9 Å². The Morgan fingerprint density at radius 1 is 1.25 bits per heavy atom. The molecule has 3 heteroatoms. The van der Waals surface area contributed by atoms with Crippen molar-refractivity contribution < 1.29 is 9.53 Å². The molecule has 2 aromatic carbocycles. The molecule has 0 saturated heterocycles. The van der Waals surface area contributed by atoms with E-state index >= 15 is 0 Å². The van der Waals surface area contributed by atoms with E-state index in [1.54, 1.807) is 18.2 Å². The third-order valence-electron chi connectivity index (χ3n) is 2.74. The Hall–Kier alpha value is -2.55. The SMILES string of the molecule is C=CCOc1cccc(NC(=O)c2cccc(C)c2)c1. The van der Waals surface area contributed by atoms with Crippen molar-refractivity contribution in [3.8, 4) is 5.75 Å². The summed E-state index contributed by atoms with van der Waals surface area (Å²) in [6.07, 6.45) is 1.68. The van der Waals surface area contributed by atoms with Crippen molar-refractivity contribution in [3.05, 3.63) is 72.3 Å². The molecule has 102 valence electrons. The van der Waals surface area contributed by atoms with Gasteiger partial charge < -0.3 is 10.1 Å². The van der Waals surface area contributed by atoms with E-state index in [4.69, 9.17) is 4.74 Å². The Kier molecular flexibility index (Phi) is 4.56. The maximum Gasteiger partial charge on any atom is 0.255 e. The average molecular weight is 267 g/mol. The number of hydrogen-bond acceptors (Lipinski definition) is 2. The first-order chi connectivity index (χ1) is 9.69. The summed E-state index contributed by atoms with van der Waals surface area (Å²) in [4.78, 5) is 12.1. The number of anilines is 1. The molecule has 0 bridgehead atoms. The van der Waals surface area contributed by atoms with E-state index in [0.717, 1.165) is 5.56 Å². The molecular weight excluding hydrogens is 250 g/mol. The van der Waals surface area contributed by atoms with E-state index in [1.807, 2.05) is 43.3 Å². The topological polar surface area (TPSA) is 38.3 Å². The third-order valence-corrected chi connectivity index (χ3v) is 2.74. The quantitative estimate of drug-likeness (QED) is 0.836. The highest BCUT2D eigenvalue weighted by Gasteiger charge is 2.06. The molecule has 0 fully saturated rings. The van der Waals surface area contributed by atoms with Crippen molar-refractivity contribution in [1.82, 2.24) is 0 Å². The van der Waals surface area contributed by atoms with E-state index in [-0.39, 0.29) is 5.91 Å². The van der Waals surface area contributed by atoms with Crippen molar-refractivity contribution in [1.29, 1.82) is 0 Å².